The second-order valence-electron chi connectivity index (χ2n) is 12.6. The molecule has 264 valence electrons. The lowest BCUT2D eigenvalue weighted by atomic mass is 9.96. The summed E-state index contributed by atoms with van der Waals surface area (Å²) >= 11 is 1.58. The van der Waals surface area contributed by atoms with E-state index >= 15 is 0 Å². The van der Waals surface area contributed by atoms with Gasteiger partial charge < -0.3 is 25.0 Å². The molecule has 4 aromatic rings. The number of rotatable bonds is 10. The van der Waals surface area contributed by atoms with Crippen LogP contribution in [-0.2, 0) is 23.2 Å². The Labute approximate surface area is 289 Å². The fraction of sp³-hybridized carbons (Fsp3) is 0.400. The number of aromatic hydroxyl groups is 1. The summed E-state index contributed by atoms with van der Waals surface area (Å²) in [6, 6.07) is 14.1. The van der Waals surface area contributed by atoms with Crippen LogP contribution in [0, 0.1) is 0 Å². The minimum absolute atomic E-state index is 0.00403. The minimum Gasteiger partial charge on any atom is -0.506 e. The van der Waals surface area contributed by atoms with Crippen LogP contribution in [0.5, 0.6) is 11.5 Å². The predicted molar refractivity (Wildman–Crippen MR) is 180 cm³/mol. The molecule has 1 aliphatic heterocycles. The molecule has 0 unspecified atom stereocenters. The Bertz CT molecular complexity index is 1910. The molecule has 1 amide bonds. The van der Waals surface area contributed by atoms with Crippen LogP contribution in [0.25, 0.3) is 5.69 Å². The Hall–Kier alpha value is -4.63. The number of alkyl halides is 3. The monoisotopic (exact) mass is 710 g/mol. The molecule has 2 saturated carbocycles. The number of hydrogen-bond acceptors (Lipinski definition) is 9. The number of aromatic nitrogens is 4. The summed E-state index contributed by atoms with van der Waals surface area (Å²) in [6.45, 7) is 1.69. The Kier molecular flexibility index (Phi) is 10.6. The first-order valence-corrected chi connectivity index (χ1v) is 17.3. The molecule has 0 spiro atoms. The maximum Gasteiger partial charge on any atom is 0.573 e. The fourth-order valence-electron chi connectivity index (χ4n) is 5.96. The standard InChI is InChI=1S/C31H33F3N4O4S.C4H4N2O/c32-31(33,34)42-21-10-8-20(9-11-21)30(14-15-30)19-35-16-12-27(40)37-17-13-24-23(18-37)28(41)38(25-6-1-2-7-26(25)39)29(36-24)43-22-4-3-5-22;7-4-1-2-5-3-6-4/h1-2,6-11,22,35,39H,3-5,12-19H2;1-3H,(H,5,6,7). The van der Waals surface area contributed by atoms with Crippen LogP contribution in [0.3, 0.4) is 0 Å². The normalized spacial score (nSPS) is 16.4. The van der Waals surface area contributed by atoms with Gasteiger partial charge in [-0.05, 0) is 55.5 Å². The minimum atomic E-state index is -4.72. The summed E-state index contributed by atoms with van der Waals surface area (Å²) in [5, 5.41) is 14.9. The Balaban J connectivity index is 0.000000552. The number of amides is 1. The number of benzene rings is 2. The summed E-state index contributed by atoms with van der Waals surface area (Å²) in [7, 11) is 0. The van der Waals surface area contributed by atoms with Crippen molar-refractivity contribution in [3.63, 3.8) is 0 Å². The molecule has 0 radical (unpaired) electrons. The first-order chi connectivity index (χ1) is 24.0. The van der Waals surface area contributed by atoms with E-state index in [1.807, 2.05) is 0 Å². The maximum atomic E-state index is 13.8. The van der Waals surface area contributed by atoms with Gasteiger partial charge in [-0.3, -0.25) is 19.0 Å². The maximum absolute atomic E-state index is 13.8. The SMILES string of the molecule is O=C(CCNCC1(c2ccc(OC(F)(F)F)cc2)CC1)N1CCc2nc(SC3CCC3)n(-c3ccccc3O)c(=O)c2C1.O=c1ccnc[nH]1. The van der Waals surface area contributed by atoms with Gasteiger partial charge in [0.2, 0.25) is 5.91 Å². The molecule has 2 aliphatic carbocycles. The van der Waals surface area contributed by atoms with Crippen LogP contribution in [-0.4, -0.2) is 66.7 Å². The zero-order valence-corrected chi connectivity index (χ0v) is 27.9. The molecule has 0 bridgehead atoms. The van der Waals surface area contributed by atoms with E-state index in [-0.39, 0.29) is 46.9 Å². The number of fused-ring (bicyclic) bond motifs is 1. The van der Waals surface area contributed by atoms with Gasteiger partial charge in [0.05, 0.1) is 29.8 Å². The third-order valence-electron chi connectivity index (χ3n) is 9.12. The number of nitrogens with zero attached hydrogens (tertiary/aromatic N) is 4. The van der Waals surface area contributed by atoms with Gasteiger partial charge in [-0.1, -0.05) is 42.4 Å². The van der Waals surface area contributed by atoms with E-state index in [0.717, 1.165) is 37.7 Å². The summed E-state index contributed by atoms with van der Waals surface area (Å²) in [5.74, 6) is -0.321. The number of carbonyl (C=O) groups is 1. The van der Waals surface area contributed by atoms with Gasteiger partial charge >= 0.3 is 6.36 Å². The molecular weight excluding hydrogens is 673 g/mol. The molecule has 3 N–H and O–H groups in total. The van der Waals surface area contributed by atoms with Crippen molar-refractivity contribution in [2.75, 3.05) is 19.6 Å². The van der Waals surface area contributed by atoms with Crippen LogP contribution in [0.1, 0.15) is 55.3 Å². The average molecular weight is 711 g/mol. The summed E-state index contributed by atoms with van der Waals surface area (Å²) < 4.78 is 42.9. The molecule has 3 heterocycles. The van der Waals surface area contributed by atoms with Gasteiger partial charge in [0.15, 0.2) is 5.16 Å². The highest BCUT2D eigenvalue weighted by Gasteiger charge is 2.44. The van der Waals surface area contributed by atoms with E-state index in [9.17, 15) is 32.7 Å². The largest absolute Gasteiger partial charge is 0.573 e. The van der Waals surface area contributed by atoms with Crippen LogP contribution >= 0.6 is 11.8 Å². The fourth-order valence-corrected chi connectivity index (χ4v) is 7.28. The quantitative estimate of drug-likeness (QED) is 0.156. The van der Waals surface area contributed by atoms with E-state index in [2.05, 4.69) is 20.0 Å². The number of phenolic OH excluding ortho intramolecular Hbond substituents is 1. The second kappa shape index (κ2) is 15.1. The molecule has 0 atom stereocenters. The van der Waals surface area contributed by atoms with Crippen molar-refractivity contribution in [1.82, 2.24) is 29.7 Å². The van der Waals surface area contributed by atoms with Crippen molar-refractivity contribution in [2.24, 2.45) is 0 Å². The van der Waals surface area contributed by atoms with Crippen molar-refractivity contribution in [3.8, 4) is 17.2 Å². The first-order valence-electron chi connectivity index (χ1n) is 16.4. The van der Waals surface area contributed by atoms with E-state index in [1.165, 1.54) is 35.3 Å². The Morgan fingerprint density at radius 3 is 2.46 bits per heavy atom. The molecule has 3 aliphatic rings. The summed E-state index contributed by atoms with van der Waals surface area (Å²) in [5.41, 5.74) is 1.98. The number of thioether (sulfide) groups is 1. The van der Waals surface area contributed by atoms with Crippen molar-refractivity contribution in [1.29, 1.82) is 0 Å². The molecule has 7 rings (SSSR count). The highest BCUT2D eigenvalue weighted by atomic mass is 32.2. The number of H-pyrrole nitrogens is 1. The van der Waals surface area contributed by atoms with Crippen molar-refractivity contribution >= 4 is 17.7 Å². The molecule has 2 aromatic carbocycles. The zero-order chi connectivity index (χ0) is 35.3. The number of halogens is 3. The molecule has 15 heteroatoms. The van der Waals surface area contributed by atoms with E-state index in [1.54, 1.807) is 53.1 Å². The number of ether oxygens (including phenoxy) is 1. The first kappa shape index (κ1) is 35.2. The van der Waals surface area contributed by atoms with Gasteiger partial charge in [0, 0.05) is 55.4 Å². The van der Waals surface area contributed by atoms with Crippen LogP contribution < -0.4 is 21.2 Å². The molecule has 2 aromatic heterocycles. The van der Waals surface area contributed by atoms with Gasteiger partial charge in [0.1, 0.15) is 11.5 Å². The highest BCUT2D eigenvalue weighted by Crippen LogP contribution is 2.48. The number of para-hydroxylation sites is 2. The summed E-state index contributed by atoms with van der Waals surface area (Å²) in [4.78, 5) is 49.7. The van der Waals surface area contributed by atoms with E-state index in [0.29, 0.717) is 53.4 Å². The molecule has 50 heavy (non-hydrogen) atoms. The third-order valence-corrected chi connectivity index (χ3v) is 10.4. The smallest absolute Gasteiger partial charge is 0.506 e. The van der Waals surface area contributed by atoms with Crippen LogP contribution in [0.2, 0.25) is 0 Å². The average Bonchev–Trinajstić information content (AvgIpc) is 3.86. The van der Waals surface area contributed by atoms with Gasteiger partial charge in [-0.25, -0.2) is 9.97 Å². The lowest BCUT2D eigenvalue weighted by Gasteiger charge is -2.30. The predicted octanol–water partition coefficient (Wildman–Crippen LogP) is 4.85. The van der Waals surface area contributed by atoms with Gasteiger partial charge in [-0.15, -0.1) is 13.2 Å². The second-order valence-corrected chi connectivity index (χ2v) is 13.8. The van der Waals surface area contributed by atoms with E-state index < -0.39 is 6.36 Å². The molecule has 2 fully saturated rings. The van der Waals surface area contributed by atoms with E-state index in [4.69, 9.17) is 4.98 Å². The van der Waals surface area contributed by atoms with Gasteiger partial charge in [0.25, 0.3) is 11.1 Å². The number of carbonyl (C=O) groups excluding carboxylic acids is 1. The Morgan fingerprint density at radius 1 is 1.10 bits per heavy atom. The topological polar surface area (TPSA) is 142 Å². The third kappa shape index (κ3) is 8.56. The van der Waals surface area contributed by atoms with Crippen molar-refractivity contribution in [2.45, 2.75) is 73.7 Å². The Morgan fingerprint density at radius 2 is 1.86 bits per heavy atom. The number of phenols is 1. The number of aromatic amines is 1. The molecule has 11 nitrogen and oxygen atoms in total. The van der Waals surface area contributed by atoms with Gasteiger partial charge in [-0.2, -0.15) is 0 Å². The van der Waals surface area contributed by atoms with Crippen molar-refractivity contribution in [3.05, 3.63) is 105 Å². The number of nitrogens with one attached hydrogen (secondary N) is 2. The van der Waals surface area contributed by atoms with Crippen LogP contribution in [0.15, 0.2) is 81.9 Å². The van der Waals surface area contributed by atoms with Crippen LogP contribution in [0.4, 0.5) is 13.2 Å². The number of hydrogen-bond donors (Lipinski definition) is 3. The molecular formula is C35H37F3N6O5S. The highest BCUT2D eigenvalue weighted by molar-refractivity contribution is 7.99. The lowest BCUT2D eigenvalue weighted by Crippen LogP contribution is -2.42. The molecule has 0 saturated heterocycles. The van der Waals surface area contributed by atoms with Crippen molar-refractivity contribution < 1.29 is 27.8 Å². The zero-order valence-electron chi connectivity index (χ0n) is 27.1. The lowest BCUT2D eigenvalue weighted by molar-refractivity contribution is -0.274. The summed E-state index contributed by atoms with van der Waals surface area (Å²) in [6.07, 6.45) is 3.92.